The topological polar surface area (TPSA) is 37.3 Å². The molecule has 2 heteroatoms. The van der Waals surface area contributed by atoms with Gasteiger partial charge < -0.3 is 9.90 Å². The highest BCUT2D eigenvalue weighted by atomic mass is 16.3. The summed E-state index contributed by atoms with van der Waals surface area (Å²) in [4.78, 5) is 11.1. The zero-order valence-electron chi connectivity index (χ0n) is 18.8. The third-order valence-electron chi connectivity index (χ3n) is 8.57. The third kappa shape index (κ3) is 3.80. The van der Waals surface area contributed by atoms with E-state index in [1.807, 2.05) is 27.7 Å². The first-order valence-corrected chi connectivity index (χ1v) is 11.8. The Balaban J connectivity index is 0.000000614. The van der Waals surface area contributed by atoms with Gasteiger partial charge in [-0.05, 0) is 85.9 Å². The Bertz CT molecular complexity index is 524. The maximum atomic E-state index is 11.1. The van der Waals surface area contributed by atoms with Gasteiger partial charge in [-0.15, -0.1) is 0 Å². The minimum absolute atomic E-state index is 0.0671. The van der Waals surface area contributed by atoms with Crippen LogP contribution in [0.25, 0.3) is 0 Å². The summed E-state index contributed by atoms with van der Waals surface area (Å²) >= 11 is 0. The second-order valence-electron chi connectivity index (χ2n) is 9.38. The van der Waals surface area contributed by atoms with Gasteiger partial charge in [0.2, 0.25) is 0 Å². The fourth-order valence-electron chi connectivity index (χ4n) is 7.11. The largest absolute Gasteiger partial charge is 0.393 e. The Morgan fingerprint density at radius 3 is 2.44 bits per heavy atom. The number of allylic oxidation sites excluding steroid dienone is 2. The Hall–Kier alpha value is -0.630. The van der Waals surface area contributed by atoms with Gasteiger partial charge in [0.05, 0.1) is 6.10 Å². The molecule has 0 heterocycles. The first kappa shape index (κ1) is 22.7. The fraction of sp³-hybridized carbons (Fsp3) is 0.880. The molecule has 3 saturated carbocycles. The smallest absolute Gasteiger partial charge is 0.120 e. The van der Waals surface area contributed by atoms with Crippen molar-refractivity contribution < 1.29 is 9.90 Å². The number of fused-ring (bicyclic) bond motifs is 5. The zero-order chi connectivity index (χ0) is 20.2. The van der Waals surface area contributed by atoms with Crippen molar-refractivity contribution in [2.75, 3.05) is 0 Å². The molecule has 0 bridgehead atoms. The monoisotopic (exact) mass is 376 g/mol. The number of hydrogen-bond donors (Lipinski definition) is 1. The molecule has 0 spiro atoms. The molecule has 0 aliphatic heterocycles. The van der Waals surface area contributed by atoms with Crippen molar-refractivity contribution in [2.24, 2.45) is 34.5 Å². The molecule has 0 radical (unpaired) electrons. The molecule has 1 N–H and O–H groups in total. The summed E-state index contributed by atoms with van der Waals surface area (Å²) in [5, 5.41) is 10.1. The average Bonchev–Trinajstić information content (AvgIpc) is 3.02. The van der Waals surface area contributed by atoms with E-state index in [1.165, 1.54) is 38.5 Å². The van der Waals surface area contributed by atoms with E-state index in [0.29, 0.717) is 22.7 Å². The van der Waals surface area contributed by atoms with Crippen molar-refractivity contribution in [2.45, 2.75) is 105 Å². The fourth-order valence-corrected chi connectivity index (χ4v) is 7.11. The van der Waals surface area contributed by atoms with Crippen LogP contribution in [-0.4, -0.2) is 17.5 Å². The number of aliphatic hydroxyl groups excluding tert-OH is 1. The van der Waals surface area contributed by atoms with Gasteiger partial charge in [0.15, 0.2) is 0 Å². The zero-order valence-corrected chi connectivity index (χ0v) is 18.8. The van der Waals surface area contributed by atoms with Gasteiger partial charge in [-0.2, -0.15) is 0 Å². The van der Waals surface area contributed by atoms with Gasteiger partial charge in [0.1, 0.15) is 6.29 Å². The van der Waals surface area contributed by atoms with Crippen LogP contribution in [0.15, 0.2) is 11.6 Å². The summed E-state index contributed by atoms with van der Waals surface area (Å²) in [6.07, 6.45) is 13.9. The first-order chi connectivity index (χ1) is 13.0. The second-order valence-corrected chi connectivity index (χ2v) is 9.38. The summed E-state index contributed by atoms with van der Waals surface area (Å²) in [6.45, 7) is 13.0. The second kappa shape index (κ2) is 9.25. The van der Waals surface area contributed by atoms with E-state index in [-0.39, 0.29) is 6.10 Å². The van der Waals surface area contributed by atoms with Crippen molar-refractivity contribution in [3.8, 4) is 0 Å². The number of aldehydes is 1. The summed E-state index contributed by atoms with van der Waals surface area (Å²) in [5.74, 6) is 2.82. The molecule has 7 atom stereocenters. The number of aliphatic hydroxyl groups is 1. The molecule has 0 saturated heterocycles. The Morgan fingerprint density at radius 2 is 1.78 bits per heavy atom. The number of rotatable bonds is 2. The number of carbonyl (C=O) groups excluding carboxylic acids is 1. The predicted molar refractivity (Wildman–Crippen MR) is 115 cm³/mol. The molecule has 4 rings (SSSR count). The quantitative estimate of drug-likeness (QED) is 0.437. The maximum Gasteiger partial charge on any atom is 0.120 e. The Morgan fingerprint density at radius 1 is 1.07 bits per heavy atom. The van der Waals surface area contributed by atoms with Crippen molar-refractivity contribution >= 4 is 6.29 Å². The normalized spacial score (nSPS) is 44.9. The molecule has 0 aromatic rings. The molecule has 4 aliphatic carbocycles. The SMILES string of the molecule is CC.CC.CC12CCC(O)CC1CCC1C2=CCC2(C)C(CC=O)CCC12. The summed E-state index contributed by atoms with van der Waals surface area (Å²) in [6, 6.07) is 0. The molecule has 0 amide bonds. The van der Waals surface area contributed by atoms with E-state index in [4.69, 9.17) is 0 Å². The Kier molecular flexibility index (Phi) is 7.76. The van der Waals surface area contributed by atoms with Crippen molar-refractivity contribution in [1.82, 2.24) is 0 Å². The number of carbonyl (C=O) groups is 1. The molecule has 4 aliphatic rings. The van der Waals surface area contributed by atoms with Crippen LogP contribution in [0.5, 0.6) is 0 Å². The van der Waals surface area contributed by atoms with E-state index >= 15 is 0 Å². The third-order valence-corrected chi connectivity index (χ3v) is 8.57. The molecular weight excluding hydrogens is 332 g/mol. The van der Waals surface area contributed by atoms with Gasteiger partial charge >= 0.3 is 0 Å². The van der Waals surface area contributed by atoms with Crippen LogP contribution in [0.2, 0.25) is 0 Å². The molecule has 7 unspecified atom stereocenters. The lowest BCUT2D eigenvalue weighted by Crippen LogP contribution is -2.48. The van der Waals surface area contributed by atoms with E-state index < -0.39 is 0 Å². The molecule has 2 nitrogen and oxygen atoms in total. The van der Waals surface area contributed by atoms with Gasteiger partial charge in [-0.1, -0.05) is 53.2 Å². The van der Waals surface area contributed by atoms with Gasteiger partial charge in [0, 0.05) is 6.42 Å². The highest BCUT2D eigenvalue weighted by molar-refractivity contribution is 5.50. The molecule has 3 fully saturated rings. The predicted octanol–water partition coefficient (Wildman–Crippen LogP) is 6.57. The standard InChI is InChI=1S/C21H32O2.2C2H6/c1-20-11-8-19-17(18(20)6-4-14(20)9-12-22)5-3-15-13-16(23)7-10-21(15,19)2;2*1-2/h8,12,14-18,23H,3-7,9-11,13H2,1-2H3;2*1-2H3. The van der Waals surface area contributed by atoms with Crippen molar-refractivity contribution in [1.29, 1.82) is 0 Å². The van der Waals surface area contributed by atoms with E-state index in [9.17, 15) is 9.90 Å². The van der Waals surface area contributed by atoms with Crippen LogP contribution in [0, 0.1) is 34.5 Å². The van der Waals surface area contributed by atoms with E-state index in [2.05, 4.69) is 19.9 Å². The van der Waals surface area contributed by atoms with Crippen molar-refractivity contribution in [3.63, 3.8) is 0 Å². The lowest BCUT2D eigenvalue weighted by atomic mass is 9.48. The lowest BCUT2D eigenvalue weighted by Gasteiger charge is -2.56. The highest BCUT2D eigenvalue weighted by Gasteiger charge is 2.56. The minimum atomic E-state index is -0.0671. The summed E-state index contributed by atoms with van der Waals surface area (Å²) in [5.41, 5.74) is 2.44. The van der Waals surface area contributed by atoms with Crippen LogP contribution in [0.1, 0.15) is 99.3 Å². The van der Waals surface area contributed by atoms with E-state index in [0.717, 1.165) is 37.4 Å². The Labute approximate surface area is 168 Å². The van der Waals surface area contributed by atoms with Gasteiger partial charge in [-0.3, -0.25) is 0 Å². The lowest BCUT2D eigenvalue weighted by molar-refractivity contribution is -0.109. The van der Waals surface area contributed by atoms with Gasteiger partial charge in [0.25, 0.3) is 0 Å². The summed E-state index contributed by atoms with van der Waals surface area (Å²) in [7, 11) is 0. The minimum Gasteiger partial charge on any atom is -0.393 e. The number of hydrogen-bond acceptors (Lipinski definition) is 2. The van der Waals surface area contributed by atoms with Crippen molar-refractivity contribution in [3.05, 3.63) is 11.6 Å². The molecule has 156 valence electrons. The van der Waals surface area contributed by atoms with Gasteiger partial charge in [-0.25, -0.2) is 0 Å². The van der Waals surface area contributed by atoms with Crippen LogP contribution in [-0.2, 0) is 4.79 Å². The van der Waals surface area contributed by atoms with Crippen LogP contribution in [0.3, 0.4) is 0 Å². The molecule has 0 aromatic heterocycles. The highest BCUT2D eigenvalue weighted by Crippen LogP contribution is 2.65. The molecule has 0 aromatic carbocycles. The molecule has 27 heavy (non-hydrogen) atoms. The average molecular weight is 377 g/mol. The van der Waals surface area contributed by atoms with Crippen LogP contribution >= 0.6 is 0 Å². The maximum absolute atomic E-state index is 11.1. The van der Waals surface area contributed by atoms with E-state index in [1.54, 1.807) is 5.57 Å². The summed E-state index contributed by atoms with van der Waals surface area (Å²) < 4.78 is 0. The van der Waals surface area contributed by atoms with Crippen LogP contribution < -0.4 is 0 Å². The molecular formula is C25H44O2. The van der Waals surface area contributed by atoms with Crippen LogP contribution in [0.4, 0.5) is 0 Å². The first-order valence-electron chi connectivity index (χ1n) is 11.8.